The van der Waals surface area contributed by atoms with Crippen molar-refractivity contribution in [2.75, 3.05) is 0 Å². The van der Waals surface area contributed by atoms with Crippen molar-refractivity contribution < 1.29 is 61.5 Å². The van der Waals surface area contributed by atoms with Gasteiger partial charge in [-0.25, -0.2) is 48.7 Å². The molecule has 146 heavy (non-hydrogen) atoms. The first kappa shape index (κ1) is 103. The van der Waals surface area contributed by atoms with Gasteiger partial charge in [-0.1, -0.05) is 196 Å². The Hall–Kier alpha value is -16.9. The number of benzene rings is 12. The van der Waals surface area contributed by atoms with E-state index >= 15 is 0 Å². The summed E-state index contributed by atoms with van der Waals surface area (Å²) in [5.74, 6) is -0.867. The number of pyridine rings is 2. The summed E-state index contributed by atoms with van der Waals surface area (Å²) in [5.41, 5.74) is -1.99. The molecule has 0 fully saturated rings. The van der Waals surface area contributed by atoms with Crippen LogP contribution in [0.25, 0.3) is 157 Å². The molecule has 0 radical (unpaired) electrons. The Morgan fingerprint density at radius 2 is 0.610 bits per heavy atom. The summed E-state index contributed by atoms with van der Waals surface area (Å²) in [6, 6.07) is 78.3. The predicted octanol–water partition coefficient (Wildman–Crippen LogP) is 25.7. The Morgan fingerprint density at radius 1 is 0.253 bits per heavy atom. The van der Waals surface area contributed by atoms with E-state index in [1.165, 1.54) is 79.0 Å². The third-order valence-electron chi connectivity index (χ3n) is 21.0. The van der Waals surface area contributed by atoms with Crippen molar-refractivity contribution in [1.82, 2.24) is 79.7 Å². The van der Waals surface area contributed by atoms with E-state index in [9.17, 15) is 95.0 Å². The first-order valence-electron chi connectivity index (χ1n) is 42.4. The molecular weight excluding hydrogens is 2070 g/mol. The highest BCUT2D eigenvalue weighted by molar-refractivity contribution is 9.10. The number of hydrogen-bond acceptors (Lipinski definition) is 16. The predicted molar refractivity (Wildman–Crippen MR) is 534 cm³/mol. The zero-order valence-electron chi connectivity index (χ0n) is 73.7. The summed E-state index contributed by atoms with van der Waals surface area (Å²) < 4.78 is 184. The van der Waals surface area contributed by atoms with Gasteiger partial charge in [-0.2, -0.15) is 52.7 Å². The molecule has 42 heteroatoms. The molecule has 21 rings (SSSR count). The van der Waals surface area contributed by atoms with Crippen LogP contribution in [-0.2, 0) is 24.7 Å². The first-order chi connectivity index (χ1) is 69.7. The Morgan fingerprint density at radius 3 is 1.04 bits per heavy atom. The van der Waals surface area contributed by atoms with Crippen LogP contribution in [0.1, 0.15) is 22.3 Å². The molecule has 9 aromatic heterocycles. The lowest BCUT2D eigenvalue weighted by molar-refractivity contribution is -0.138. The van der Waals surface area contributed by atoms with Gasteiger partial charge in [0.15, 0.2) is 0 Å². The molecule has 0 saturated heterocycles. The number of alkyl halides is 12. The standard InChI is InChI=1S/C17H10F4N2O.C16H10F3N3O.C15H8ClF3N2O.C15H8F4N2O.C14H9BrN2O.C14H8Cl2N2O.C13H8ClN3O/c18-13-8-4-2-6-11(13)14-9-15(24)23-16(22-14)10-5-1-3-7-12(10)17(19,20)21;17-16(18,19)11-6-2-1-5-10(11)15-21-13(9-14(23)22-15)12-7-3-4-8-20-12;16-11-6-5-8(15(17,18)19)7-10(11)13-20-12-4-2-1-3-9(12)14(22)21-13;16-8-5-6-9(11(7-8)15(17,18)19)13-20-12-4-2-1-3-10(12)14(22)21-13;15-11-7-3-1-5-9(11)13-16-12-8-4-2-6-10(12)14(18)17-13;15-8-5-6-9(11(16)7-8)13-17-12-4-2-1-3-10(12)14(19)18-13;14-11-9(5-3-7-15-11)12-16-10-6-2-1-4-8(10)13(18)17-12/h1-9H,(H,22,23,24);1-9H,(H,21,22,23);2*1-7H,(H,20,21,22);1-8H,(H,16,17,18);1-7H,(H,17,18,19);1-7H,(H,16,17,18). The van der Waals surface area contributed by atoms with Gasteiger partial charge in [0.05, 0.1) is 109 Å². The Bertz CT molecular complexity index is 8810. The summed E-state index contributed by atoms with van der Waals surface area (Å²) in [7, 11) is 0. The van der Waals surface area contributed by atoms with Crippen LogP contribution in [0.5, 0.6) is 0 Å². The van der Waals surface area contributed by atoms with Gasteiger partial charge < -0.3 is 34.9 Å². The molecule has 732 valence electrons. The second-order valence-electron chi connectivity index (χ2n) is 30.7. The van der Waals surface area contributed by atoms with Gasteiger partial charge in [-0.15, -0.1) is 0 Å². The number of hydrogen-bond donors (Lipinski definition) is 7. The molecule has 0 spiro atoms. The molecule has 0 saturated carbocycles. The van der Waals surface area contributed by atoms with Gasteiger partial charge >= 0.3 is 24.7 Å². The van der Waals surface area contributed by atoms with E-state index < -0.39 is 80.8 Å². The third kappa shape index (κ3) is 25.0. The largest absolute Gasteiger partial charge is 0.417 e. The zero-order chi connectivity index (χ0) is 104. The molecule has 0 atom stereocenters. The Labute approximate surface area is 838 Å². The Kier molecular flexibility index (Phi) is 31.7. The lowest BCUT2D eigenvalue weighted by Gasteiger charge is -2.12. The zero-order valence-corrected chi connectivity index (χ0v) is 78.4. The van der Waals surface area contributed by atoms with Crippen molar-refractivity contribution in [1.29, 1.82) is 0 Å². The molecular formula is C104H61BrCl4F14N16O7. The van der Waals surface area contributed by atoms with Crippen molar-refractivity contribution in [3.05, 3.63) is 459 Å². The average molecular weight is 2130 g/mol. The van der Waals surface area contributed by atoms with Crippen LogP contribution in [0.3, 0.4) is 0 Å². The number of para-hydroxylation sites is 5. The summed E-state index contributed by atoms with van der Waals surface area (Å²) in [5, 5.41) is 3.72. The minimum atomic E-state index is -4.76. The fraction of sp³-hybridized carbons (Fsp3) is 0.0385. The van der Waals surface area contributed by atoms with E-state index in [0.29, 0.717) is 99.2 Å². The smallest absolute Gasteiger partial charge is 0.306 e. The molecule has 0 amide bonds. The van der Waals surface area contributed by atoms with E-state index in [4.69, 9.17) is 46.4 Å². The molecule has 23 nitrogen and oxygen atoms in total. The topological polar surface area (TPSA) is 346 Å². The molecule has 9 heterocycles. The number of aromatic amines is 7. The van der Waals surface area contributed by atoms with E-state index in [1.807, 2.05) is 54.6 Å². The quantitative estimate of drug-likeness (QED) is 0.0521. The fourth-order valence-electron chi connectivity index (χ4n) is 14.3. The van der Waals surface area contributed by atoms with E-state index in [0.717, 1.165) is 58.6 Å². The van der Waals surface area contributed by atoms with Crippen LogP contribution < -0.4 is 38.9 Å². The van der Waals surface area contributed by atoms with E-state index in [1.54, 1.807) is 140 Å². The molecule has 12 aromatic carbocycles. The monoisotopic (exact) mass is 2130 g/mol. The third-order valence-corrected chi connectivity index (χ3v) is 22.9. The van der Waals surface area contributed by atoms with Crippen molar-refractivity contribution in [2.45, 2.75) is 24.7 Å². The van der Waals surface area contributed by atoms with Gasteiger partial charge in [0.25, 0.3) is 38.9 Å². The number of nitrogens with zero attached hydrogens (tertiary/aromatic N) is 9. The molecule has 0 aliphatic heterocycles. The maximum atomic E-state index is 13.9. The number of H-pyrrole nitrogens is 7. The van der Waals surface area contributed by atoms with E-state index in [-0.39, 0.29) is 95.1 Å². The lowest BCUT2D eigenvalue weighted by atomic mass is 10.1. The van der Waals surface area contributed by atoms with Crippen LogP contribution in [0.15, 0.2) is 366 Å². The SMILES string of the molecule is O=c1[nH]c(-c2cc(C(F)(F)F)ccc2Cl)nc2ccccc12.O=c1[nH]c(-c2ccc(Cl)cc2Cl)nc2ccccc12.O=c1[nH]c(-c2ccc(F)cc2C(F)(F)F)nc2ccccc12.O=c1[nH]c(-c2ccccc2Br)nc2ccccc12.O=c1[nH]c(-c2cccnc2Cl)nc2ccccc12.O=c1cc(-c2ccccc2F)nc(-c2ccccc2C(F)(F)F)[nH]1.O=c1cc(-c2ccccn2)nc(-c2ccccc2C(F)(F)F)[nH]1. The van der Waals surface area contributed by atoms with Gasteiger partial charge in [0.1, 0.15) is 57.6 Å². The second kappa shape index (κ2) is 44.7. The summed E-state index contributed by atoms with van der Waals surface area (Å²) in [4.78, 5) is 139. The minimum Gasteiger partial charge on any atom is -0.306 e. The number of halogens is 19. The number of aromatic nitrogens is 16. The van der Waals surface area contributed by atoms with Crippen LogP contribution in [0, 0.1) is 11.6 Å². The molecule has 0 bridgehead atoms. The number of nitrogens with one attached hydrogen (secondary N) is 7. The van der Waals surface area contributed by atoms with Crippen molar-refractivity contribution in [3.8, 4) is 102 Å². The van der Waals surface area contributed by atoms with Gasteiger partial charge in [0.2, 0.25) is 0 Å². The van der Waals surface area contributed by atoms with Gasteiger partial charge in [-0.05, 0) is 170 Å². The second-order valence-corrected chi connectivity index (χ2v) is 33.2. The summed E-state index contributed by atoms with van der Waals surface area (Å²) >= 11 is 27.4. The normalized spacial score (nSPS) is 11.3. The van der Waals surface area contributed by atoms with Crippen molar-refractivity contribution in [2.24, 2.45) is 0 Å². The highest BCUT2D eigenvalue weighted by Gasteiger charge is 2.38. The Balaban J connectivity index is 0.000000128. The van der Waals surface area contributed by atoms with Gasteiger partial charge in [0, 0.05) is 73.0 Å². The maximum Gasteiger partial charge on any atom is 0.417 e. The highest BCUT2D eigenvalue weighted by atomic mass is 79.9. The van der Waals surface area contributed by atoms with Crippen molar-refractivity contribution >= 4 is 117 Å². The van der Waals surface area contributed by atoms with E-state index in [2.05, 4.69) is 95.7 Å². The molecule has 21 aromatic rings. The van der Waals surface area contributed by atoms with Crippen LogP contribution >= 0.6 is 62.3 Å². The molecule has 0 aliphatic carbocycles. The van der Waals surface area contributed by atoms with Gasteiger partial charge in [-0.3, -0.25) is 38.5 Å². The van der Waals surface area contributed by atoms with Crippen molar-refractivity contribution in [3.63, 3.8) is 0 Å². The molecule has 0 aliphatic rings. The molecule has 0 unspecified atom stereocenters. The van der Waals surface area contributed by atoms with Crippen LogP contribution in [0.4, 0.5) is 61.5 Å². The minimum absolute atomic E-state index is 0.000185. The highest BCUT2D eigenvalue weighted by Crippen LogP contribution is 2.42. The summed E-state index contributed by atoms with van der Waals surface area (Å²) in [6.45, 7) is 0. The summed E-state index contributed by atoms with van der Waals surface area (Å²) in [6.07, 6.45) is -15.3. The number of rotatable bonds is 9. The number of fused-ring (bicyclic) bond motifs is 5. The van der Waals surface area contributed by atoms with Crippen LogP contribution in [0.2, 0.25) is 20.2 Å². The van der Waals surface area contributed by atoms with Crippen LogP contribution in [-0.4, -0.2) is 79.7 Å². The fourth-order valence-corrected chi connectivity index (χ4v) is 15.7. The molecule has 7 N–H and O–H groups in total. The average Bonchev–Trinajstić information content (AvgIpc) is 0.787. The first-order valence-corrected chi connectivity index (χ1v) is 44.7. The maximum absolute atomic E-state index is 13.9. The lowest BCUT2D eigenvalue weighted by Crippen LogP contribution is -2.13.